The number of nitrogens with zero attached hydrogens (tertiary/aromatic N) is 3. The van der Waals surface area contributed by atoms with Gasteiger partial charge >= 0.3 is 0 Å². The second-order valence-electron chi connectivity index (χ2n) is 3.67. The van der Waals surface area contributed by atoms with Crippen LogP contribution in [0.3, 0.4) is 0 Å². The second kappa shape index (κ2) is 5.46. The quantitative estimate of drug-likeness (QED) is 0.924. The van der Waals surface area contributed by atoms with Crippen LogP contribution in [0.4, 0.5) is 5.69 Å². The number of carbonyl (C=O) groups is 1. The zero-order chi connectivity index (χ0) is 13.8. The standard InChI is InChI=1S/C12H10N4O2S/c1-7-11(19-16-15-7)12(17)14-9-4-3-8(6-13)5-10(9)18-2/h3-5H,1-2H3,(H,14,17). The molecule has 0 unspecified atom stereocenters. The van der Waals surface area contributed by atoms with E-state index in [0.717, 1.165) is 11.5 Å². The van der Waals surface area contributed by atoms with Gasteiger partial charge in [0.2, 0.25) is 0 Å². The van der Waals surface area contributed by atoms with E-state index in [1.165, 1.54) is 7.11 Å². The van der Waals surface area contributed by atoms with E-state index in [9.17, 15) is 4.79 Å². The number of benzene rings is 1. The van der Waals surface area contributed by atoms with Gasteiger partial charge in [-0.1, -0.05) is 4.49 Å². The summed E-state index contributed by atoms with van der Waals surface area (Å²) in [5.74, 6) is 0.137. The lowest BCUT2D eigenvalue weighted by Gasteiger charge is -2.09. The van der Waals surface area contributed by atoms with Crippen molar-refractivity contribution in [2.45, 2.75) is 6.92 Å². The van der Waals surface area contributed by atoms with E-state index in [2.05, 4.69) is 14.9 Å². The van der Waals surface area contributed by atoms with Crippen molar-refractivity contribution in [3.8, 4) is 11.8 Å². The molecule has 19 heavy (non-hydrogen) atoms. The van der Waals surface area contributed by atoms with Gasteiger partial charge in [0.15, 0.2) is 0 Å². The Bertz CT molecular complexity index is 660. The number of aryl methyl sites for hydroxylation is 1. The first-order chi connectivity index (χ1) is 9.15. The van der Waals surface area contributed by atoms with Gasteiger partial charge in [0.05, 0.1) is 30.1 Å². The Kier molecular flexibility index (Phi) is 3.73. The van der Waals surface area contributed by atoms with Gasteiger partial charge in [-0.05, 0) is 30.6 Å². The van der Waals surface area contributed by atoms with Gasteiger partial charge < -0.3 is 10.1 Å². The van der Waals surface area contributed by atoms with Gasteiger partial charge in [0, 0.05) is 6.07 Å². The molecule has 96 valence electrons. The Labute approximate surface area is 113 Å². The third-order valence-corrected chi connectivity index (χ3v) is 3.26. The second-order valence-corrected chi connectivity index (χ2v) is 4.42. The van der Waals surface area contributed by atoms with Crippen LogP contribution in [0.25, 0.3) is 0 Å². The van der Waals surface area contributed by atoms with E-state index in [1.807, 2.05) is 6.07 Å². The van der Waals surface area contributed by atoms with Crippen molar-refractivity contribution in [1.82, 2.24) is 9.59 Å². The number of anilines is 1. The fraction of sp³-hybridized carbons (Fsp3) is 0.167. The van der Waals surface area contributed by atoms with Gasteiger partial charge in [-0.25, -0.2) is 0 Å². The summed E-state index contributed by atoms with van der Waals surface area (Å²) in [5.41, 5.74) is 1.54. The third-order valence-electron chi connectivity index (χ3n) is 2.44. The highest BCUT2D eigenvalue weighted by atomic mass is 32.1. The van der Waals surface area contributed by atoms with E-state index in [1.54, 1.807) is 25.1 Å². The summed E-state index contributed by atoms with van der Waals surface area (Å²) in [4.78, 5) is 12.5. The number of carbonyl (C=O) groups excluding carboxylic acids is 1. The monoisotopic (exact) mass is 274 g/mol. The summed E-state index contributed by atoms with van der Waals surface area (Å²) in [5, 5.41) is 15.3. The normalized spacial score (nSPS) is 9.74. The molecule has 6 nitrogen and oxygen atoms in total. The molecule has 2 aromatic rings. The molecule has 0 radical (unpaired) electrons. The Morgan fingerprint density at radius 3 is 2.89 bits per heavy atom. The van der Waals surface area contributed by atoms with Crippen molar-refractivity contribution in [2.24, 2.45) is 0 Å². The van der Waals surface area contributed by atoms with E-state index < -0.39 is 0 Å². The number of methoxy groups -OCH3 is 1. The largest absolute Gasteiger partial charge is 0.495 e. The maximum absolute atomic E-state index is 12.0. The molecule has 0 fully saturated rings. The Hall–Kier alpha value is -2.46. The Balaban J connectivity index is 2.27. The van der Waals surface area contributed by atoms with Crippen molar-refractivity contribution >= 4 is 23.1 Å². The number of aromatic nitrogens is 2. The minimum atomic E-state index is -0.296. The SMILES string of the molecule is COc1cc(C#N)ccc1NC(=O)c1snnc1C. The number of nitriles is 1. The van der Waals surface area contributed by atoms with E-state index >= 15 is 0 Å². The van der Waals surface area contributed by atoms with Crippen LogP contribution in [0.2, 0.25) is 0 Å². The lowest BCUT2D eigenvalue weighted by atomic mass is 10.2. The molecule has 0 aliphatic carbocycles. The number of hydrogen-bond donors (Lipinski definition) is 1. The summed E-state index contributed by atoms with van der Waals surface area (Å²) < 4.78 is 8.85. The van der Waals surface area contributed by atoms with Gasteiger partial charge in [0.1, 0.15) is 10.6 Å². The first-order valence-corrected chi connectivity index (χ1v) is 6.11. The number of rotatable bonds is 3. The molecule has 1 heterocycles. The maximum atomic E-state index is 12.0. The molecule has 0 saturated carbocycles. The first kappa shape index (κ1) is 13.0. The molecule has 0 saturated heterocycles. The molecule has 0 aliphatic rings. The number of hydrogen-bond acceptors (Lipinski definition) is 6. The van der Waals surface area contributed by atoms with E-state index in [4.69, 9.17) is 10.00 Å². The van der Waals surface area contributed by atoms with Gasteiger partial charge in [-0.2, -0.15) is 5.26 Å². The van der Waals surface area contributed by atoms with Crippen LogP contribution in [0.15, 0.2) is 18.2 Å². The van der Waals surface area contributed by atoms with Crippen LogP contribution in [0, 0.1) is 18.3 Å². The van der Waals surface area contributed by atoms with Crippen molar-refractivity contribution in [1.29, 1.82) is 5.26 Å². The summed E-state index contributed by atoms with van der Waals surface area (Å²) in [7, 11) is 1.48. The third kappa shape index (κ3) is 2.69. The molecular formula is C12H10N4O2S. The van der Waals surface area contributed by atoms with Crippen molar-refractivity contribution < 1.29 is 9.53 Å². The lowest BCUT2D eigenvalue weighted by Crippen LogP contribution is -2.12. The fourth-order valence-electron chi connectivity index (χ4n) is 1.48. The summed E-state index contributed by atoms with van der Waals surface area (Å²) in [6.07, 6.45) is 0. The van der Waals surface area contributed by atoms with Crippen LogP contribution in [-0.2, 0) is 0 Å². The summed E-state index contributed by atoms with van der Waals surface area (Å²) >= 11 is 1.03. The van der Waals surface area contributed by atoms with Crippen LogP contribution in [0.1, 0.15) is 20.9 Å². The summed E-state index contributed by atoms with van der Waals surface area (Å²) in [6.45, 7) is 1.72. The molecule has 1 aromatic carbocycles. The highest BCUT2D eigenvalue weighted by molar-refractivity contribution is 7.08. The Morgan fingerprint density at radius 1 is 1.53 bits per heavy atom. The number of nitrogens with one attached hydrogen (secondary N) is 1. The molecule has 1 amide bonds. The highest BCUT2D eigenvalue weighted by Crippen LogP contribution is 2.26. The summed E-state index contributed by atoms with van der Waals surface area (Å²) in [6, 6.07) is 6.80. The fourth-order valence-corrected chi connectivity index (χ4v) is 2.03. The molecule has 2 rings (SSSR count). The van der Waals surface area contributed by atoms with Crippen molar-refractivity contribution in [2.75, 3.05) is 12.4 Å². The predicted octanol–water partition coefficient (Wildman–Crippen LogP) is 1.98. The predicted molar refractivity (Wildman–Crippen MR) is 70.3 cm³/mol. The van der Waals surface area contributed by atoms with Gasteiger partial charge in [-0.3, -0.25) is 4.79 Å². The lowest BCUT2D eigenvalue weighted by molar-refractivity contribution is 0.102. The molecular weight excluding hydrogens is 264 g/mol. The van der Waals surface area contributed by atoms with Crippen LogP contribution >= 0.6 is 11.5 Å². The average Bonchev–Trinajstić information content (AvgIpc) is 2.85. The highest BCUT2D eigenvalue weighted by Gasteiger charge is 2.15. The molecule has 0 bridgehead atoms. The van der Waals surface area contributed by atoms with E-state index in [-0.39, 0.29) is 5.91 Å². The molecule has 7 heteroatoms. The average molecular weight is 274 g/mol. The Morgan fingerprint density at radius 2 is 2.32 bits per heavy atom. The molecule has 1 N–H and O–H groups in total. The maximum Gasteiger partial charge on any atom is 0.269 e. The zero-order valence-corrected chi connectivity index (χ0v) is 11.1. The number of ether oxygens (including phenoxy) is 1. The molecule has 1 aromatic heterocycles. The van der Waals surface area contributed by atoms with Gasteiger partial charge in [0.25, 0.3) is 5.91 Å². The van der Waals surface area contributed by atoms with Gasteiger partial charge in [-0.15, -0.1) is 5.10 Å². The minimum absolute atomic E-state index is 0.296. The smallest absolute Gasteiger partial charge is 0.269 e. The van der Waals surface area contributed by atoms with Crippen LogP contribution in [0.5, 0.6) is 5.75 Å². The molecule has 0 spiro atoms. The topological polar surface area (TPSA) is 87.9 Å². The van der Waals surface area contributed by atoms with Crippen LogP contribution in [-0.4, -0.2) is 22.6 Å². The number of amides is 1. The van der Waals surface area contributed by atoms with E-state index in [0.29, 0.717) is 27.6 Å². The minimum Gasteiger partial charge on any atom is -0.495 e. The van der Waals surface area contributed by atoms with Crippen molar-refractivity contribution in [3.05, 3.63) is 34.3 Å². The van der Waals surface area contributed by atoms with Crippen molar-refractivity contribution in [3.63, 3.8) is 0 Å². The molecule has 0 aliphatic heterocycles. The first-order valence-electron chi connectivity index (χ1n) is 5.34. The molecule has 0 atom stereocenters. The van der Waals surface area contributed by atoms with Crippen LogP contribution < -0.4 is 10.1 Å². The zero-order valence-electron chi connectivity index (χ0n) is 10.3.